The fraction of sp³-hybridized carbons (Fsp3) is 0.294. The molecule has 2 aromatic carbocycles. The zero-order chi connectivity index (χ0) is 14.7. The minimum absolute atomic E-state index is 0.193. The summed E-state index contributed by atoms with van der Waals surface area (Å²) >= 11 is 0. The zero-order valence-corrected chi connectivity index (χ0v) is 12.1. The number of hydrogen-bond acceptors (Lipinski definition) is 2. The van der Waals surface area contributed by atoms with Gasteiger partial charge in [0.2, 0.25) is 0 Å². The number of ether oxygens (including phenoxy) is 1. The normalized spacial score (nSPS) is 13.8. The Morgan fingerprint density at radius 2 is 1.70 bits per heavy atom. The van der Waals surface area contributed by atoms with E-state index in [0.717, 1.165) is 5.56 Å². The van der Waals surface area contributed by atoms with E-state index in [1.807, 2.05) is 38.1 Å². The van der Waals surface area contributed by atoms with Gasteiger partial charge in [-0.1, -0.05) is 35.9 Å². The molecule has 2 aromatic rings. The molecular weight excluding hydrogens is 253 g/mol. The number of hydrogen-bond donors (Lipinski definition) is 1. The lowest BCUT2D eigenvalue weighted by Gasteiger charge is -2.23. The molecule has 0 saturated heterocycles. The fourth-order valence-corrected chi connectivity index (χ4v) is 2.03. The molecule has 106 valence electrons. The van der Waals surface area contributed by atoms with Gasteiger partial charge in [-0.15, -0.1) is 0 Å². The lowest BCUT2D eigenvalue weighted by Crippen LogP contribution is -2.29. The van der Waals surface area contributed by atoms with Gasteiger partial charge in [0.05, 0.1) is 0 Å². The Bertz CT molecular complexity index is 578. The van der Waals surface area contributed by atoms with E-state index >= 15 is 0 Å². The third kappa shape index (κ3) is 3.36. The van der Waals surface area contributed by atoms with Crippen molar-refractivity contribution in [2.45, 2.75) is 32.9 Å². The molecule has 0 heterocycles. The fourth-order valence-electron chi connectivity index (χ4n) is 2.03. The molecule has 0 aliphatic rings. The molecule has 0 bridgehead atoms. The molecule has 2 atom stereocenters. The summed E-state index contributed by atoms with van der Waals surface area (Å²) < 4.78 is 19.4. The predicted molar refractivity (Wildman–Crippen MR) is 79.3 cm³/mol. The molecule has 2 unspecified atom stereocenters. The quantitative estimate of drug-likeness (QED) is 0.916. The van der Waals surface area contributed by atoms with E-state index in [1.165, 1.54) is 11.6 Å². The van der Waals surface area contributed by atoms with Crippen LogP contribution in [0.4, 0.5) is 4.39 Å². The van der Waals surface area contributed by atoms with Crippen molar-refractivity contribution in [2.24, 2.45) is 5.73 Å². The molecular formula is C17H20FNO. The third-order valence-corrected chi connectivity index (χ3v) is 3.29. The van der Waals surface area contributed by atoms with Crippen LogP contribution >= 0.6 is 0 Å². The molecule has 0 aromatic heterocycles. The van der Waals surface area contributed by atoms with E-state index in [9.17, 15) is 4.39 Å². The highest BCUT2D eigenvalue weighted by Gasteiger charge is 2.18. The molecule has 0 amide bonds. The number of aryl methyl sites for hydroxylation is 2. The first-order valence-electron chi connectivity index (χ1n) is 6.72. The van der Waals surface area contributed by atoms with Crippen LogP contribution in [0.3, 0.4) is 0 Å². The summed E-state index contributed by atoms with van der Waals surface area (Å²) in [6, 6.07) is 12.7. The van der Waals surface area contributed by atoms with Gasteiger partial charge >= 0.3 is 0 Å². The maximum Gasteiger partial charge on any atom is 0.138 e. The lowest BCUT2D eigenvalue weighted by molar-refractivity contribution is 0.179. The average Bonchev–Trinajstić information content (AvgIpc) is 2.41. The van der Waals surface area contributed by atoms with Crippen LogP contribution in [0.1, 0.15) is 29.7 Å². The highest BCUT2D eigenvalue weighted by molar-refractivity contribution is 5.30. The Morgan fingerprint density at radius 3 is 2.25 bits per heavy atom. The van der Waals surface area contributed by atoms with Gasteiger partial charge in [0.15, 0.2) is 0 Å². The van der Waals surface area contributed by atoms with E-state index in [1.54, 1.807) is 19.1 Å². The second-order valence-corrected chi connectivity index (χ2v) is 5.22. The first kappa shape index (κ1) is 14.5. The summed E-state index contributed by atoms with van der Waals surface area (Å²) in [4.78, 5) is 0. The second kappa shape index (κ2) is 6.06. The maximum atomic E-state index is 13.6. The Morgan fingerprint density at radius 1 is 1.05 bits per heavy atom. The summed E-state index contributed by atoms with van der Waals surface area (Å²) in [5.74, 6) is 0.228. The Balaban J connectivity index is 2.25. The zero-order valence-electron chi connectivity index (χ0n) is 12.1. The first-order valence-corrected chi connectivity index (χ1v) is 6.72. The Kier molecular flexibility index (Phi) is 4.40. The predicted octanol–water partition coefficient (Wildman–Crippen LogP) is 3.91. The van der Waals surface area contributed by atoms with Gasteiger partial charge in [-0.25, -0.2) is 4.39 Å². The first-order chi connectivity index (χ1) is 9.47. The standard InChI is InChI=1S/C17H20FNO/c1-11-4-7-14(8-5-11)17(13(3)19)20-15-9-6-12(2)16(18)10-15/h4-10,13,17H,19H2,1-3H3. The van der Waals surface area contributed by atoms with Crippen molar-refractivity contribution in [3.05, 3.63) is 65.0 Å². The van der Waals surface area contributed by atoms with Gasteiger partial charge in [-0.05, 0) is 38.0 Å². The summed E-state index contributed by atoms with van der Waals surface area (Å²) in [6.07, 6.45) is -0.294. The van der Waals surface area contributed by atoms with Gasteiger partial charge in [0.25, 0.3) is 0 Å². The minimum atomic E-state index is -0.294. The van der Waals surface area contributed by atoms with Gasteiger partial charge < -0.3 is 10.5 Å². The molecule has 20 heavy (non-hydrogen) atoms. The summed E-state index contributed by atoms with van der Waals surface area (Å²) in [5, 5.41) is 0. The molecule has 0 radical (unpaired) electrons. The van der Waals surface area contributed by atoms with E-state index in [0.29, 0.717) is 11.3 Å². The lowest BCUT2D eigenvalue weighted by atomic mass is 10.0. The van der Waals surface area contributed by atoms with Gasteiger partial charge in [-0.3, -0.25) is 0 Å². The largest absolute Gasteiger partial charge is 0.484 e. The highest BCUT2D eigenvalue weighted by atomic mass is 19.1. The van der Waals surface area contributed by atoms with Crippen LogP contribution in [0.25, 0.3) is 0 Å². The van der Waals surface area contributed by atoms with Gasteiger partial charge in [0, 0.05) is 12.1 Å². The molecule has 2 N–H and O–H groups in total. The van der Waals surface area contributed by atoms with Crippen molar-refractivity contribution in [2.75, 3.05) is 0 Å². The van der Waals surface area contributed by atoms with Crippen LogP contribution in [0, 0.1) is 19.7 Å². The van der Waals surface area contributed by atoms with Gasteiger partial charge in [-0.2, -0.15) is 0 Å². The highest BCUT2D eigenvalue weighted by Crippen LogP contribution is 2.25. The number of rotatable bonds is 4. The molecule has 0 saturated carbocycles. The molecule has 0 spiro atoms. The topological polar surface area (TPSA) is 35.2 Å². The van der Waals surface area contributed by atoms with E-state index < -0.39 is 0 Å². The Labute approximate surface area is 119 Å². The van der Waals surface area contributed by atoms with E-state index in [2.05, 4.69) is 0 Å². The van der Waals surface area contributed by atoms with Crippen LogP contribution < -0.4 is 10.5 Å². The van der Waals surface area contributed by atoms with Crippen molar-refractivity contribution in [1.82, 2.24) is 0 Å². The van der Waals surface area contributed by atoms with Crippen LogP contribution in [0.5, 0.6) is 5.75 Å². The van der Waals surface area contributed by atoms with Gasteiger partial charge in [0.1, 0.15) is 17.7 Å². The van der Waals surface area contributed by atoms with Crippen LogP contribution in [0.2, 0.25) is 0 Å². The third-order valence-electron chi connectivity index (χ3n) is 3.29. The Hall–Kier alpha value is -1.87. The summed E-state index contributed by atoms with van der Waals surface area (Å²) in [5.41, 5.74) is 8.78. The monoisotopic (exact) mass is 273 g/mol. The van der Waals surface area contributed by atoms with Crippen molar-refractivity contribution >= 4 is 0 Å². The van der Waals surface area contributed by atoms with Crippen LogP contribution in [-0.2, 0) is 0 Å². The molecule has 2 nitrogen and oxygen atoms in total. The number of halogens is 1. The molecule has 0 fully saturated rings. The van der Waals surface area contributed by atoms with E-state index in [-0.39, 0.29) is 18.0 Å². The molecule has 3 heteroatoms. The SMILES string of the molecule is Cc1ccc(C(Oc2ccc(C)c(F)c2)C(C)N)cc1. The van der Waals surface area contributed by atoms with Crippen molar-refractivity contribution in [3.63, 3.8) is 0 Å². The molecule has 0 aliphatic heterocycles. The van der Waals surface area contributed by atoms with Crippen LogP contribution in [0.15, 0.2) is 42.5 Å². The van der Waals surface area contributed by atoms with Crippen molar-refractivity contribution in [3.8, 4) is 5.75 Å². The smallest absolute Gasteiger partial charge is 0.138 e. The maximum absolute atomic E-state index is 13.6. The second-order valence-electron chi connectivity index (χ2n) is 5.22. The van der Waals surface area contributed by atoms with Crippen molar-refractivity contribution in [1.29, 1.82) is 0 Å². The summed E-state index contributed by atoms with van der Waals surface area (Å²) in [6.45, 7) is 5.64. The van der Waals surface area contributed by atoms with Crippen molar-refractivity contribution < 1.29 is 9.13 Å². The number of benzene rings is 2. The number of nitrogens with two attached hydrogens (primary N) is 1. The van der Waals surface area contributed by atoms with E-state index in [4.69, 9.17) is 10.5 Å². The molecule has 2 rings (SSSR count). The van der Waals surface area contributed by atoms with Crippen LogP contribution in [-0.4, -0.2) is 6.04 Å². The molecule has 0 aliphatic carbocycles. The minimum Gasteiger partial charge on any atom is -0.484 e. The summed E-state index contributed by atoms with van der Waals surface area (Å²) in [7, 11) is 0. The average molecular weight is 273 g/mol.